The topological polar surface area (TPSA) is 63.8 Å². The van der Waals surface area contributed by atoms with Gasteiger partial charge in [0.15, 0.2) is 0 Å². The molecular formula is C13H14N2O3. The van der Waals surface area contributed by atoms with E-state index in [9.17, 15) is 4.79 Å². The molecule has 94 valence electrons. The summed E-state index contributed by atoms with van der Waals surface area (Å²) in [4.78, 5) is 15.4. The van der Waals surface area contributed by atoms with Gasteiger partial charge in [-0.2, -0.15) is 0 Å². The highest BCUT2D eigenvalue weighted by Gasteiger charge is 2.19. The molecule has 1 aliphatic heterocycles. The van der Waals surface area contributed by atoms with Crippen molar-refractivity contribution >= 4 is 11.6 Å². The molecule has 0 aromatic carbocycles. The Morgan fingerprint density at radius 1 is 1.44 bits per heavy atom. The number of hydrogen-bond donors (Lipinski definition) is 1. The van der Waals surface area contributed by atoms with Crippen LogP contribution in [0.4, 0.5) is 0 Å². The first-order valence-electron chi connectivity index (χ1n) is 6.04. The number of imidazole rings is 1. The summed E-state index contributed by atoms with van der Waals surface area (Å²) >= 11 is 0. The molecule has 0 saturated carbocycles. The third kappa shape index (κ3) is 1.97. The van der Waals surface area contributed by atoms with Gasteiger partial charge in [-0.05, 0) is 25.0 Å². The van der Waals surface area contributed by atoms with Crippen molar-refractivity contribution in [3.63, 3.8) is 0 Å². The van der Waals surface area contributed by atoms with Crippen LogP contribution in [-0.4, -0.2) is 33.7 Å². The van der Waals surface area contributed by atoms with Crippen LogP contribution in [0.1, 0.15) is 34.8 Å². The molecule has 0 spiro atoms. The van der Waals surface area contributed by atoms with E-state index in [0.717, 1.165) is 31.7 Å². The fourth-order valence-corrected chi connectivity index (χ4v) is 2.32. The lowest BCUT2D eigenvalue weighted by Crippen LogP contribution is -2.14. The molecule has 0 atom stereocenters. The van der Waals surface area contributed by atoms with Gasteiger partial charge >= 0.3 is 5.97 Å². The summed E-state index contributed by atoms with van der Waals surface area (Å²) in [6.45, 7) is 1.55. The fourth-order valence-electron chi connectivity index (χ4n) is 2.32. The smallest absolute Gasteiger partial charge is 0.335 e. The number of aromatic nitrogens is 2. The summed E-state index contributed by atoms with van der Waals surface area (Å²) < 4.78 is 7.21. The lowest BCUT2D eigenvalue weighted by Gasteiger charge is -2.19. The van der Waals surface area contributed by atoms with Crippen LogP contribution in [0.15, 0.2) is 24.5 Å². The van der Waals surface area contributed by atoms with Crippen molar-refractivity contribution in [1.29, 1.82) is 0 Å². The summed E-state index contributed by atoms with van der Waals surface area (Å²) in [5.74, 6) is -0.500. The number of pyridine rings is 1. The van der Waals surface area contributed by atoms with Crippen molar-refractivity contribution in [1.82, 2.24) is 9.38 Å². The Balaban J connectivity index is 1.97. The number of aromatic carboxylic acids is 1. The van der Waals surface area contributed by atoms with Crippen LogP contribution in [0, 0.1) is 0 Å². The lowest BCUT2D eigenvalue weighted by atomic mass is 9.97. The van der Waals surface area contributed by atoms with Crippen LogP contribution in [0.5, 0.6) is 0 Å². The molecule has 0 aliphatic carbocycles. The molecule has 5 heteroatoms. The second-order valence-electron chi connectivity index (χ2n) is 4.54. The van der Waals surface area contributed by atoms with Crippen molar-refractivity contribution < 1.29 is 14.6 Å². The van der Waals surface area contributed by atoms with Crippen molar-refractivity contribution in [2.24, 2.45) is 0 Å². The van der Waals surface area contributed by atoms with Gasteiger partial charge in [0.05, 0.1) is 11.3 Å². The highest BCUT2D eigenvalue weighted by Crippen LogP contribution is 2.26. The van der Waals surface area contributed by atoms with E-state index in [0.29, 0.717) is 11.6 Å². The summed E-state index contributed by atoms with van der Waals surface area (Å²) in [6, 6.07) is 3.19. The first kappa shape index (κ1) is 11.2. The van der Waals surface area contributed by atoms with Crippen molar-refractivity contribution in [3.8, 4) is 0 Å². The Hall–Kier alpha value is -1.88. The van der Waals surface area contributed by atoms with Gasteiger partial charge in [-0.15, -0.1) is 0 Å². The van der Waals surface area contributed by atoms with Gasteiger partial charge in [-0.3, -0.25) is 0 Å². The summed E-state index contributed by atoms with van der Waals surface area (Å²) in [7, 11) is 0. The third-order valence-electron chi connectivity index (χ3n) is 3.37. The highest BCUT2D eigenvalue weighted by molar-refractivity contribution is 5.88. The molecule has 0 amide bonds. The Labute approximate surface area is 104 Å². The number of fused-ring (bicyclic) bond motifs is 1. The van der Waals surface area contributed by atoms with E-state index in [1.165, 1.54) is 0 Å². The zero-order valence-electron chi connectivity index (χ0n) is 9.87. The van der Waals surface area contributed by atoms with Crippen molar-refractivity contribution in [3.05, 3.63) is 35.8 Å². The Bertz CT molecular complexity index is 585. The van der Waals surface area contributed by atoms with Gasteiger partial charge in [0, 0.05) is 31.5 Å². The fraction of sp³-hybridized carbons (Fsp3) is 0.385. The Morgan fingerprint density at radius 3 is 2.94 bits per heavy atom. The second-order valence-corrected chi connectivity index (χ2v) is 4.54. The van der Waals surface area contributed by atoms with E-state index >= 15 is 0 Å². The van der Waals surface area contributed by atoms with Gasteiger partial charge in [0.2, 0.25) is 0 Å². The molecule has 1 fully saturated rings. The maximum Gasteiger partial charge on any atom is 0.335 e. The first-order valence-corrected chi connectivity index (χ1v) is 6.04. The third-order valence-corrected chi connectivity index (χ3v) is 3.37. The van der Waals surface area contributed by atoms with Crippen LogP contribution >= 0.6 is 0 Å². The van der Waals surface area contributed by atoms with Crippen LogP contribution in [0.25, 0.3) is 5.65 Å². The average molecular weight is 246 g/mol. The monoisotopic (exact) mass is 246 g/mol. The van der Waals surface area contributed by atoms with Gasteiger partial charge in [0.1, 0.15) is 5.65 Å². The molecule has 1 aliphatic rings. The maximum absolute atomic E-state index is 10.9. The molecule has 18 heavy (non-hydrogen) atoms. The van der Waals surface area contributed by atoms with E-state index in [1.807, 2.05) is 10.6 Å². The summed E-state index contributed by atoms with van der Waals surface area (Å²) in [5.41, 5.74) is 1.99. The SMILES string of the molecule is O=C(O)c1ccn2cc(C3CCOCC3)nc2c1. The molecule has 2 aromatic rings. The summed E-state index contributed by atoms with van der Waals surface area (Å²) in [6.07, 6.45) is 5.69. The Morgan fingerprint density at radius 2 is 2.22 bits per heavy atom. The Kier molecular flexibility index (Phi) is 2.76. The van der Waals surface area contributed by atoms with Crippen molar-refractivity contribution in [2.45, 2.75) is 18.8 Å². The van der Waals surface area contributed by atoms with Gasteiger partial charge in [-0.1, -0.05) is 0 Å². The first-order chi connectivity index (χ1) is 8.74. The van der Waals surface area contributed by atoms with E-state index < -0.39 is 5.97 Å². The quantitative estimate of drug-likeness (QED) is 0.879. The number of carbonyl (C=O) groups is 1. The predicted octanol–water partition coefficient (Wildman–Crippen LogP) is 1.93. The lowest BCUT2D eigenvalue weighted by molar-refractivity contribution is 0.0697. The number of carboxylic acid groups (broad SMARTS) is 1. The number of rotatable bonds is 2. The zero-order valence-corrected chi connectivity index (χ0v) is 9.87. The van der Waals surface area contributed by atoms with E-state index in [-0.39, 0.29) is 5.56 Å². The standard InChI is InChI=1S/C13H14N2O3/c16-13(17)10-1-4-15-8-11(14-12(15)7-10)9-2-5-18-6-3-9/h1,4,7-9H,2-3,5-6H2,(H,16,17). The number of carboxylic acids is 1. The van der Waals surface area contributed by atoms with Gasteiger partial charge in [-0.25, -0.2) is 9.78 Å². The molecule has 0 unspecified atom stereocenters. The van der Waals surface area contributed by atoms with Gasteiger partial charge < -0.3 is 14.2 Å². The van der Waals surface area contributed by atoms with Gasteiger partial charge in [0.25, 0.3) is 0 Å². The molecule has 3 heterocycles. The molecule has 0 radical (unpaired) electrons. The minimum absolute atomic E-state index is 0.270. The van der Waals surface area contributed by atoms with E-state index in [2.05, 4.69) is 4.98 Å². The van der Waals surface area contributed by atoms with E-state index in [1.54, 1.807) is 18.3 Å². The number of hydrogen-bond acceptors (Lipinski definition) is 3. The van der Waals surface area contributed by atoms with Crippen LogP contribution in [0.2, 0.25) is 0 Å². The predicted molar refractivity (Wildman–Crippen MR) is 64.9 cm³/mol. The van der Waals surface area contributed by atoms with Crippen molar-refractivity contribution in [2.75, 3.05) is 13.2 Å². The second kappa shape index (κ2) is 4.42. The normalized spacial score (nSPS) is 17.1. The molecule has 3 rings (SSSR count). The largest absolute Gasteiger partial charge is 0.478 e. The highest BCUT2D eigenvalue weighted by atomic mass is 16.5. The number of ether oxygens (including phenoxy) is 1. The zero-order chi connectivity index (χ0) is 12.5. The molecule has 1 saturated heterocycles. The number of nitrogens with zero attached hydrogens (tertiary/aromatic N) is 2. The molecular weight excluding hydrogens is 232 g/mol. The average Bonchev–Trinajstić information content (AvgIpc) is 2.82. The molecule has 5 nitrogen and oxygen atoms in total. The minimum atomic E-state index is -0.923. The maximum atomic E-state index is 10.9. The molecule has 1 N–H and O–H groups in total. The van der Waals surface area contributed by atoms with Crippen LogP contribution in [0.3, 0.4) is 0 Å². The summed E-state index contributed by atoms with van der Waals surface area (Å²) in [5, 5.41) is 8.95. The van der Waals surface area contributed by atoms with E-state index in [4.69, 9.17) is 9.84 Å². The van der Waals surface area contributed by atoms with Crippen LogP contribution < -0.4 is 0 Å². The molecule has 2 aromatic heterocycles. The minimum Gasteiger partial charge on any atom is -0.478 e. The van der Waals surface area contributed by atoms with Crippen LogP contribution in [-0.2, 0) is 4.74 Å². The molecule has 0 bridgehead atoms.